The van der Waals surface area contributed by atoms with Crippen LogP contribution in [-0.2, 0) is 0 Å². The van der Waals surface area contributed by atoms with Crippen LogP contribution in [0.5, 0.6) is 17.2 Å². The Morgan fingerprint density at radius 2 is 1.24 bits per heavy atom. The van der Waals surface area contributed by atoms with Gasteiger partial charge in [-0.15, -0.1) is 0 Å². The topological polar surface area (TPSA) is 65.4 Å². The zero-order chi connectivity index (χ0) is 25.8. The molecule has 0 atom stereocenters. The zero-order valence-corrected chi connectivity index (χ0v) is 21.2. The van der Waals surface area contributed by atoms with Gasteiger partial charge in [0.2, 0.25) is 0 Å². The van der Waals surface area contributed by atoms with Gasteiger partial charge in [0.1, 0.15) is 22.9 Å². The van der Waals surface area contributed by atoms with E-state index in [0.29, 0.717) is 32.9 Å². The predicted molar refractivity (Wildman–Crippen MR) is 147 cm³/mol. The first-order valence-corrected chi connectivity index (χ1v) is 12.1. The number of hydrogen-bond donors (Lipinski definition) is 1. The van der Waals surface area contributed by atoms with E-state index in [1.165, 1.54) is 4.68 Å². The second-order valence-electron chi connectivity index (χ2n) is 8.08. The molecule has 184 valence electrons. The van der Waals surface area contributed by atoms with E-state index in [1.807, 2.05) is 48.5 Å². The number of methoxy groups -OCH3 is 1. The highest BCUT2D eigenvalue weighted by Gasteiger charge is 2.17. The average Bonchev–Trinajstić information content (AvgIpc) is 3.37. The molecule has 0 unspecified atom stereocenters. The van der Waals surface area contributed by atoms with Gasteiger partial charge in [0.05, 0.1) is 7.11 Å². The summed E-state index contributed by atoms with van der Waals surface area (Å²) in [4.78, 5) is 13.1. The lowest BCUT2D eigenvalue weighted by atomic mass is 10.0. The van der Waals surface area contributed by atoms with Gasteiger partial charge in [-0.05, 0) is 78.4 Å². The summed E-state index contributed by atoms with van der Waals surface area (Å²) in [6, 6.07) is 28.7. The quantitative estimate of drug-likeness (QED) is 0.239. The van der Waals surface area contributed by atoms with Gasteiger partial charge in [-0.3, -0.25) is 0 Å². The molecule has 0 radical (unpaired) electrons. The molecule has 1 aromatic heterocycles. The maximum absolute atomic E-state index is 13.1. The van der Waals surface area contributed by atoms with Crippen molar-refractivity contribution in [3.63, 3.8) is 0 Å². The number of ether oxygens (including phenoxy) is 2. The molecule has 0 aliphatic rings. The summed E-state index contributed by atoms with van der Waals surface area (Å²) < 4.78 is 12.3. The summed E-state index contributed by atoms with van der Waals surface area (Å²) in [6.45, 7) is 0. The molecule has 8 heteroatoms. The summed E-state index contributed by atoms with van der Waals surface area (Å²) in [5.74, 6) is 2.07. The third-order valence-electron chi connectivity index (χ3n) is 5.60. The van der Waals surface area contributed by atoms with Crippen LogP contribution in [0.2, 0.25) is 10.0 Å². The molecule has 0 bridgehead atoms. The first-order chi connectivity index (χ1) is 18.0. The van der Waals surface area contributed by atoms with Crippen molar-refractivity contribution in [2.24, 2.45) is 0 Å². The van der Waals surface area contributed by atoms with Gasteiger partial charge in [0.25, 0.3) is 0 Å². The first-order valence-electron chi connectivity index (χ1n) is 11.3. The SMILES string of the molecule is COc1ccc(Oc2ccc(NC(=O)n3cc(-c4ccc(Cl)cc4)c(-c4ccc(Cl)cc4)n3)cc2)cc1. The van der Waals surface area contributed by atoms with Gasteiger partial charge in [-0.1, -0.05) is 47.5 Å². The molecule has 1 N–H and O–H groups in total. The molecular weight excluding hydrogens is 509 g/mol. The highest BCUT2D eigenvalue weighted by atomic mass is 35.5. The van der Waals surface area contributed by atoms with Crippen molar-refractivity contribution in [1.82, 2.24) is 9.78 Å². The van der Waals surface area contributed by atoms with Crippen LogP contribution in [0.15, 0.2) is 103 Å². The van der Waals surface area contributed by atoms with Crippen LogP contribution in [0, 0.1) is 0 Å². The van der Waals surface area contributed by atoms with Crippen LogP contribution in [0.1, 0.15) is 0 Å². The van der Waals surface area contributed by atoms with Crippen LogP contribution in [-0.4, -0.2) is 22.9 Å². The second kappa shape index (κ2) is 10.8. The van der Waals surface area contributed by atoms with Crippen LogP contribution < -0.4 is 14.8 Å². The number of rotatable bonds is 6. The molecular formula is C29H21Cl2N3O3. The molecule has 37 heavy (non-hydrogen) atoms. The normalized spacial score (nSPS) is 10.7. The van der Waals surface area contributed by atoms with Gasteiger partial charge in [-0.25, -0.2) is 4.79 Å². The number of carbonyl (C=O) groups is 1. The molecule has 0 saturated carbocycles. The number of hydrogen-bond acceptors (Lipinski definition) is 4. The largest absolute Gasteiger partial charge is 0.497 e. The summed E-state index contributed by atoms with van der Waals surface area (Å²) in [5.41, 5.74) is 3.76. The Morgan fingerprint density at radius 1 is 0.730 bits per heavy atom. The minimum absolute atomic E-state index is 0.403. The van der Waals surface area contributed by atoms with E-state index in [2.05, 4.69) is 10.4 Å². The monoisotopic (exact) mass is 529 g/mol. The van der Waals surface area contributed by atoms with E-state index < -0.39 is 6.03 Å². The number of halogens is 2. The van der Waals surface area contributed by atoms with Gasteiger partial charge in [-0.2, -0.15) is 9.78 Å². The van der Waals surface area contributed by atoms with Crippen molar-refractivity contribution in [3.05, 3.63) is 113 Å². The molecule has 1 heterocycles. The van der Waals surface area contributed by atoms with E-state index in [0.717, 1.165) is 22.4 Å². The van der Waals surface area contributed by atoms with Gasteiger partial charge in [0.15, 0.2) is 0 Å². The average molecular weight is 530 g/mol. The van der Waals surface area contributed by atoms with Crippen molar-refractivity contribution in [3.8, 4) is 39.6 Å². The molecule has 0 spiro atoms. The molecule has 0 fully saturated rings. The molecule has 0 aliphatic heterocycles. The molecule has 0 saturated heterocycles. The van der Waals surface area contributed by atoms with Crippen molar-refractivity contribution in [1.29, 1.82) is 0 Å². The Balaban J connectivity index is 1.36. The van der Waals surface area contributed by atoms with Crippen molar-refractivity contribution in [2.75, 3.05) is 12.4 Å². The first kappa shape index (κ1) is 24.4. The highest BCUT2D eigenvalue weighted by Crippen LogP contribution is 2.32. The molecule has 4 aromatic carbocycles. The number of amides is 1. The lowest BCUT2D eigenvalue weighted by molar-refractivity contribution is 0.251. The Bertz CT molecular complexity index is 1450. The lowest BCUT2D eigenvalue weighted by Gasteiger charge is -2.08. The van der Waals surface area contributed by atoms with Crippen LogP contribution >= 0.6 is 23.2 Å². The van der Waals surface area contributed by atoms with E-state index in [4.69, 9.17) is 32.7 Å². The van der Waals surface area contributed by atoms with Gasteiger partial charge in [0, 0.05) is 33.1 Å². The third kappa shape index (κ3) is 5.77. The molecule has 5 rings (SSSR count). The number of nitrogens with one attached hydrogen (secondary N) is 1. The highest BCUT2D eigenvalue weighted by molar-refractivity contribution is 6.31. The number of anilines is 1. The summed E-state index contributed by atoms with van der Waals surface area (Å²) >= 11 is 12.1. The van der Waals surface area contributed by atoms with Crippen LogP contribution in [0.4, 0.5) is 10.5 Å². The molecule has 0 aliphatic carbocycles. The van der Waals surface area contributed by atoms with E-state index >= 15 is 0 Å². The maximum Gasteiger partial charge on any atom is 0.346 e. The Morgan fingerprint density at radius 3 is 1.81 bits per heavy atom. The number of benzene rings is 4. The lowest BCUT2D eigenvalue weighted by Crippen LogP contribution is -2.19. The number of carbonyl (C=O) groups excluding carboxylic acids is 1. The second-order valence-corrected chi connectivity index (χ2v) is 8.95. The third-order valence-corrected chi connectivity index (χ3v) is 6.10. The number of aromatic nitrogens is 2. The smallest absolute Gasteiger partial charge is 0.346 e. The predicted octanol–water partition coefficient (Wildman–Crippen LogP) is 8.41. The Labute approximate surface area is 224 Å². The fraction of sp³-hybridized carbons (Fsp3) is 0.0345. The van der Waals surface area contributed by atoms with Crippen molar-refractivity contribution in [2.45, 2.75) is 0 Å². The van der Waals surface area contributed by atoms with Crippen LogP contribution in [0.25, 0.3) is 22.4 Å². The van der Waals surface area contributed by atoms with Crippen LogP contribution in [0.3, 0.4) is 0 Å². The minimum atomic E-state index is -0.403. The zero-order valence-electron chi connectivity index (χ0n) is 19.7. The summed E-state index contributed by atoms with van der Waals surface area (Å²) in [5, 5.41) is 8.70. The van der Waals surface area contributed by atoms with Crippen molar-refractivity contribution >= 4 is 34.9 Å². The Kier molecular flexibility index (Phi) is 7.12. The van der Waals surface area contributed by atoms with E-state index in [9.17, 15) is 4.79 Å². The molecule has 1 amide bonds. The summed E-state index contributed by atoms with van der Waals surface area (Å²) in [6.07, 6.45) is 1.70. The number of nitrogens with zero attached hydrogens (tertiary/aromatic N) is 2. The van der Waals surface area contributed by atoms with Gasteiger partial charge < -0.3 is 14.8 Å². The van der Waals surface area contributed by atoms with Gasteiger partial charge >= 0.3 is 6.03 Å². The van der Waals surface area contributed by atoms with E-state index in [1.54, 1.807) is 61.8 Å². The standard InChI is InChI=1S/C29H21Cl2N3O3/c1-36-24-14-16-26(17-15-24)37-25-12-10-23(11-13-25)32-29(35)34-18-27(19-2-6-21(30)7-3-19)28(33-34)20-4-8-22(31)9-5-20/h2-18H,1H3,(H,32,35). The fourth-order valence-corrected chi connectivity index (χ4v) is 3.96. The van der Waals surface area contributed by atoms with Crippen molar-refractivity contribution < 1.29 is 14.3 Å². The Hall–Kier alpha value is -4.26. The van der Waals surface area contributed by atoms with E-state index in [-0.39, 0.29) is 0 Å². The molecule has 6 nitrogen and oxygen atoms in total. The molecule has 5 aromatic rings. The maximum atomic E-state index is 13.1. The summed E-state index contributed by atoms with van der Waals surface area (Å²) in [7, 11) is 1.61. The fourth-order valence-electron chi connectivity index (χ4n) is 3.71. The minimum Gasteiger partial charge on any atom is -0.497 e.